The van der Waals surface area contributed by atoms with Crippen LogP contribution in [0.1, 0.15) is 39.7 Å². The first-order valence-corrected chi connectivity index (χ1v) is 7.20. The van der Waals surface area contributed by atoms with E-state index in [9.17, 15) is 0 Å². The van der Waals surface area contributed by atoms with E-state index < -0.39 is 0 Å². The average Bonchev–Trinajstić information content (AvgIpc) is 2.86. The second-order valence-electron chi connectivity index (χ2n) is 5.47. The second-order valence-corrected chi connectivity index (χ2v) is 5.47. The molecule has 102 valence electrons. The summed E-state index contributed by atoms with van der Waals surface area (Å²) in [7, 11) is 0. The van der Waals surface area contributed by atoms with Crippen molar-refractivity contribution in [2.45, 2.75) is 39.7 Å². The lowest BCUT2D eigenvalue weighted by molar-refractivity contribution is 0.380. The number of imidazole rings is 1. The van der Waals surface area contributed by atoms with E-state index in [0.29, 0.717) is 6.04 Å². The van der Waals surface area contributed by atoms with Crippen LogP contribution in [0.4, 0.5) is 5.95 Å². The highest BCUT2D eigenvalue weighted by atomic mass is 15.3. The quantitative estimate of drug-likeness (QED) is 0.870. The summed E-state index contributed by atoms with van der Waals surface area (Å²) in [6.45, 7) is 11.1. The standard InChI is InChI=1S/C14H26N4/c1-4-15-11-13-5-8-17(9-6-13)14-16-7-10-18(14)12(2)3/h7,10,12-13,15H,4-6,8-9,11H2,1-3H3. The molecule has 0 atom stereocenters. The molecular formula is C14H26N4. The van der Waals surface area contributed by atoms with Gasteiger partial charge in [-0.05, 0) is 45.7 Å². The van der Waals surface area contributed by atoms with Gasteiger partial charge in [-0.3, -0.25) is 0 Å². The molecule has 1 fully saturated rings. The zero-order valence-electron chi connectivity index (χ0n) is 11.9. The number of piperidine rings is 1. The van der Waals surface area contributed by atoms with E-state index >= 15 is 0 Å². The highest BCUT2D eigenvalue weighted by Crippen LogP contribution is 2.23. The molecule has 1 aromatic heterocycles. The zero-order valence-corrected chi connectivity index (χ0v) is 11.9. The SMILES string of the molecule is CCNCC1CCN(c2nccn2C(C)C)CC1. The van der Waals surface area contributed by atoms with Crippen molar-refractivity contribution >= 4 is 5.95 Å². The van der Waals surface area contributed by atoms with Crippen molar-refractivity contribution in [1.82, 2.24) is 14.9 Å². The fourth-order valence-electron chi connectivity index (χ4n) is 2.64. The summed E-state index contributed by atoms with van der Waals surface area (Å²) >= 11 is 0. The molecule has 1 aliphatic heterocycles. The Balaban J connectivity index is 1.91. The van der Waals surface area contributed by atoms with Gasteiger partial charge in [-0.2, -0.15) is 0 Å². The molecule has 0 spiro atoms. The van der Waals surface area contributed by atoms with Gasteiger partial charge in [-0.1, -0.05) is 6.92 Å². The summed E-state index contributed by atoms with van der Waals surface area (Å²) in [6.07, 6.45) is 6.56. The molecule has 0 saturated carbocycles. The van der Waals surface area contributed by atoms with Gasteiger partial charge in [0.05, 0.1) is 0 Å². The molecule has 2 rings (SSSR count). The Bertz CT molecular complexity index is 350. The number of nitrogens with one attached hydrogen (secondary N) is 1. The molecule has 1 saturated heterocycles. The topological polar surface area (TPSA) is 33.1 Å². The van der Waals surface area contributed by atoms with Crippen LogP contribution in [-0.4, -0.2) is 35.7 Å². The normalized spacial score (nSPS) is 17.7. The van der Waals surface area contributed by atoms with Crippen LogP contribution < -0.4 is 10.2 Å². The molecule has 0 unspecified atom stereocenters. The average molecular weight is 250 g/mol. The molecular weight excluding hydrogens is 224 g/mol. The first kappa shape index (κ1) is 13.4. The van der Waals surface area contributed by atoms with Gasteiger partial charge in [-0.25, -0.2) is 4.98 Å². The van der Waals surface area contributed by atoms with Crippen LogP contribution in [0.3, 0.4) is 0 Å². The minimum Gasteiger partial charge on any atom is -0.342 e. The number of anilines is 1. The molecule has 0 bridgehead atoms. The third kappa shape index (κ3) is 3.05. The van der Waals surface area contributed by atoms with Crippen molar-refractivity contribution in [1.29, 1.82) is 0 Å². The summed E-state index contributed by atoms with van der Waals surface area (Å²) in [6, 6.07) is 0.488. The van der Waals surface area contributed by atoms with Crippen molar-refractivity contribution in [3.8, 4) is 0 Å². The number of aromatic nitrogens is 2. The molecule has 4 heteroatoms. The molecule has 18 heavy (non-hydrogen) atoms. The van der Waals surface area contributed by atoms with E-state index in [1.54, 1.807) is 0 Å². The minimum atomic E-state index is 0.488. The van der Waals surface area contributed by atoms with Crippen LogP contribution in [0, 0.1) is 5.92 Å². The lowest BCUT2D eigenvalue weighted by Crippen LogP contribution is -2.38. The van der Waals surface area contributed by atoms with Crippen LogP contribution in [0.2, 0.25) is 0 Å². The number of nitrogens with zero attached hydrogens (tertiary/aromatic N) is 3. The maximum Gasteiger partial charge on any atom is 0.205 e. The van der Waals surface area contributed by atoms with Crippen LogP contribution >= 0.6 is 0 Å². The predicted octanol–water partition coefficient (Wildman–Crippen LogP) is 2.29. The van der Waals surface area contributed by atoms with Gasteiger partial charge in [0.1, 0.15) is 0 Å². The van der Waals surface area contributed by atoms with Gasteiger partial charge >= 0.3 is 0 Å². The maximum atomic E-state index is 4.52. The van der Waals surface area contributed by atoms with Crippen LogP contribution in [0.25, 0.3) is 0 Å². The van der Waals surface area contributed by atoms with E-state index in [1.807, 2.05) is 6.20 Å². The molecule has 1 aliphatic rings. The van der Waals surface area contributed by atoms with Crippen molar-refractivity contribution < 1.29 is 0 Å². The Morgan fingerprint density at radius 2 is 2.11 bits per heavy atom. The third-order valence-corrected chi connectivity index (χ3v) is 3.78. The van der Waals surface area contributed by atoms with Crippen LogP contribution in [0.15, 0.2) is 12.4 Å². The molecule has 4 nitrogen and oxygen atoms in total. The molecule has 0 aliphatic carbocycles. The number of rotatable bonds is 5. The molecule has 2 heterocycles. The highest BCUT2D eigenvalue weighted by molar-refractivity contribution is 5.32. The molecule has 1 aromatic rings. The molecule has 0 radical (unpaired) electrons. The maximum absolute atomic E-state index is 4.52. The van der Waals surface area contributed by atoms with Gasteiger partial charge in [0.2, 0.25) is 5.95 Å². The van der Waals surface area contributed by atoms with Crippen LogP contribution in [0.5, 0.6) is 0 Å². The highest BCUT2D eigenvalue weighted by Gasteiger charge is 2.22. The van der Waals surface area contributed by atoms with E-state index in [1.165, 1.54) is 19.4 Å². The van der Waals surface area contributed by atoms with Gasteiger partial charge in [0.15, 0.2) is 0 Å². The fraction of sp³-hybridized carbons (Fsp3) is 0.786. The van der Waals surface area contributed by atoms with Gasteiger partial charge in [0.25, 0.3) is 0 Å². The van der Waals surface area contributed by atoms with E-state index in [0.717, 1.165) is 31.5 Å². The lowest BCUT2D eigenvalue weighted by atomic mass is 9.97. The second kappa shape index (κ2) is 6.23. The number of hydrogen-bond acceptors (Lipinski definition) is 3. The first-order chi connectivity index (χ1) is 8.72. The Kier molecular flexibility index (Phi) is 4.64. The van der Waals surface area contributed by atoms with Gasteiger partial charge < -0.3 is 14.8 Å². The zero-order chi connectivity index (χ0) is 13.0. The molecule has 0 amide bonds. The molecule has 0 aromatic carbocycles. The van der Waals surface area contributed by atoms with Crippen molar-refractivity contribution in [3.05, 3.63) is 12.4 Å². The predicted molar refractivity (Wildman–Crippen MR) is 76.1 cm³/mol. The largest absolute Gasteiger partial charge is 0.342 e. The van der Waals surface area contributed by atoms with Crippen molar-refractivity contribution in [2.24, 2.45) is 5.92 Å². The smallest absolute Gasteiger partial charge is 0.205 e. The Morgan fingerprint density at radius 1 is 1.39 bits per heavy atom. The summed E-state index contributed by atoms with van der Waals surface area (Å²) in [5.41, 5.74) is 0. The van der Waals surface area contributed by atoms with E-state index in [-0.39, 0.29) is 0 Å². The number of hydrogen-bond donors (Lipinski definition) is 1. The molecule has 1 N–H and O–H groups in total. The monoisotopic (exact) mass is 250 g/mol. The summed E-state index contributed by atoms with van der Waals surface area (Å²) < 4.78 is 2.27. The Hall–Kier alpha value is -1.03. The summed E-state index contributed by atoms with van der Waals surface area (Å²) in [5, 5.41) is 3.46. The van der Waals surface area contributed by atoms with E-state index in [2.05, 4.69) is 46.7 Å². The van der Waals surface area contributed by atoms with Crippen molar-refractivity contribution in [3.63, 3.8) is 0 Å². The third-order valence-electron chi connectivity index (χ3n) is 3.78. The lowest BCUT2D eigenvalue weighted by Gasteiger charge is -2.33. The summed E-state index contributed by atoms with van der Waals surface area (Å²) in [5.74, 6) is 1.98. The van der Waals surface area contributed by atoms with Gasteiger partial charge in [-0.15, -0.1) is 0 Å². The van der Waals surface area contributed by atoms with Gasteiger partial charge in [0, 0.05) is 31.5 Å². The van der Waals surface area contributed by atoms with Crippen molar-refractivity contribution in [2.75, 3.05) is 31.1 Å². The minimum absolute atomic E-state index is 0.488. The Morgan fingerprint density at radius 3 is 2.72 bits per heavy atom. The first-order valence-electron chi connectivity index (χ1n) is 7.20. The van der Waals surface area contributed by atoms with Crippen LogP contribution in [-0.2, 0) is 0 Å². The Labute approximate surface area is 110 Å². The van der Waals surface area contributed by atoms with E-state index in [4.69, 9.17) is 0 Å². The fourth-order valence-corrected chi connectivity index (χ4v) is 2.64. The summed E-state index contributed by atoms with van der Waals surface area (Å²) in [4.78, 5) is 6.95.